The van der Waals surface area contributed by atoms with Gasteiger partial charge in [0, 0.05) is 13.7 Å². The second-order valence-corrected chi connectivity index (χ2v) is 10.5. The number of rotatable bonds is 24. The Balaban J connectivity index is 3.39. The van der Waals surface area contributed by atoms with Crippen molar-refractivity contribution in [3.63, 3.8) is 0 Å². The van der Waals surface area contributed by atoms with Crippen molar-refractivity contribution in [2.75, 3.05) is 26.9 Å². The van der Waals surface area contributed by atoms with Crippen LogP contribution in [0.2, 0.25) is 0 Å². The summed E-state index contributed by atoms with van der Waals surface area (Å²) in [6.07, 6.45) is 20.7. The lowest BCUT2D eigenvalue weighted by Gasteiger charge is -2.16. The fraction of sp³-hybridized carbons (Fsp3) is 0.957. The molecule has 0 aromatic heterocycles. The Bertz CT molecular complexity index is 479. The zero-order valence-electron chi connectivity index (χ0n) is 20.3. The minimum absolute atomic E-state index is 0.185. The van der Waals surface area contributed by atoms with E-state index in [4.69, 9.17) is 19.1 Å². The molecule has 0 heterocycles. The molecule has 9 heteroatoms. The molecular formula is C23H47O7PS. The van der Waals surface area contributed by atoms with Crippen molar-refractivity contribution < 1.29 is 32.4 Å². The van der Waals surface area contributed by atoms with Gasteiger partial charge in [-0.1, -0.05) is 103 Å². The Labute approximate surface area is 201 Å². The van der Waals surface area contributed by atoms with Crippen LogP contribution >= 0.6 is 20.5 Å². The van der Waals surface area contributed by atoms with Crippen molar-refractivity contribution in [3.8, 4) is 0 Å². The van der Waals surface area contributed by atoms with Crippen LogP contribution in [0.1, 0.15) is 110 Å². The van der Waals surface area contributed by atoms with E-state index in [0.717, 1.165) is 12.8 Å². The third-order valence-corrected chi connectivity index (χ3v) is 6.99. The van der Waals surface area contributed by atoms with Gasteiger partial charge in [-0.2, -0.15) is 0 Å². The summed E-state index contributed by atoms with van der Waals surface area (Å²) in [6.45, 7) is 2.95. The maximum Gasteiger partial charge on any atom is 0.446 e. The SMILES string of the molecule is CCCCCCCCCCCCCCCCCCOC[C@H](COC(=O)P(=O)(O)OS)OC. The highest BCUT2D eigenvalue weighted by atomic mass is 32.1. The minimum Gasteiger partial charge on any atom is -0.454 e. The van der Waals surface area contributed by atoms with Crippen molar-refractivity contribution >= 4 is 26.2 Å². The van der Waals surface area contributed by atoms with Crippen molar-refractivity contribution in [2.24, 2.45) is 0 Å². The number of thiol groups is 1. The third-order valence-electron chi connectivity index (χ3n) is 5.51. The molecule has 0 saturated heterocycles. The van der Waals surface area contributed by atoms with E-state index < -0.39 is 19.4 Å². The topological polar surface area (TPSA) is 91.3 Å². The van der Waals surface area contributed by atoms with Crippen LogP contribution in [0.5, 0.6) is 0 Å². The molecule has 32 heavy (non-hydrogen) atoms. The van der Waals surface area contributed by atoms with E-state index in [1.807, 2.05) is 0 Å². The lowest BCUT2D eigenvalue weighted by Crippen LogP contribution is -2.26. The quantitative estimate of drug-likeness (QED) is 0.0617. The Morgan fingerprint density at radius 1 is 0.812 bits per heavy atom. The third kappa shape index (κ3) is 19.4. The summed E-state index contributed by atoms with van der Waals surface area (Å²) in [5.41, 5.74) is -1.35. The summed E-state index contributed by atoms with van der Waals surface area (Å²) >= 11 is 3.19. The Morgan fingerprint density at radius 3 is 1.66 bits per heavy atom. The van der Waals surface area contributed by atoms with Crippen molar-refractivity contribution in [2.45, 2.75) is 116 Å². The number of hydrogen-bond acceptors (Lipinski definition) is 7. The maximum atomic E-state index is 11.4. The van der Waals surface area contributed by atoms with Gasteiger partial charge in [-0.3, -0.25) is 0 Å². The molecule has 0 fully saturated rings. The van der Waals surface area contributed by atoms with Crippen molar-refractivity contribution in [1.82, 2.24) is 0 Å². The maximum absolute atomic E-state index is 11.4. The first-order valence-electron chi connectivity index (χ1n) is 12.4. The van der Waals surface area contributed by atoms with E-state index in [1.165, 1.54) is 97.0 Å². The lowest BCUT2D eigenvalue weighted by atomic mass is 10.0. The number of carbonyl (C=O) groups is 1. The van der Waals surface area contributed by atoms with Gasteiger partial charge < -0.3 is 19.1 Å². The Kier molecular flexibility index (Phi) is 22.6. The predicted molar refractivity (Wildman–Crippen MR) is 132 cm³/mol. The van der Waals surface area contributed by atoms with E-state index in [2.05, 4.69) is 23.8 Å². The van der Waals surface area contributed by atoms with Gasteiger partial charge in [0.15, 0.2) is 0 Å². The van der Waals surface area contributed by atoms with Crippen LogP contribution in [0.15, 0.2) is 0 Å². The molecular weight excluding hydrogens is 451 g/mol. The normalized spacial score (nSPS) is 14.2. The van der Waals surface area contributed by atoms with Gasteiger partial charge in [-0.05, 0) is 19.3 Å². The van der Waals surface area contributed by atoms with Gasteiger partial charge in [0.25, 0.3) is 0 Å². The predicted octanol–water partition coefficient (Wildman–Crippen LogP) is 7.46. The lowest BCUT2D eigenvalue weighted by molar-refractivity contribution is -0.0222. The van der Waals surface area contributed by atoms with Gasteiger partial charge in [0.1, 0.15) is 12.7 Å². The molecule has 1 unspecified atom stereocenters. The molecule has 0 aromatic carbocycles. The van der Waals surface area contributed by atoms with E-state index in [1.54, 1.807) is 0 Å². The molecule has 0 saturated carbocycles. The van der Waals surface area contributed by atoms with Crippen LogP contribution in [-0.4, -0.2) is 43.6 Å². The van der Waals surface area contributed by atoms with E-state index in [-0.39, 0.29) is 13.2 Å². The monoisotopic (exact) mass is 498 g/mol. The van der Waals surface area contributed by atoms with Crippen LogP contribution in [0.25, 0.3) is 0 Å². The van der Waals surface area contributed by atoms with Crippen LogP contribution in [-0.2, 0) is 22.7 Å². The Hall–Kier alpha value is -0.110. The molecule has 0 aromatic rings. The van der Waals surface area contributed by atoms with E-state index in [0.29, 0.717) is 6.61 Å². The minimum atomic E-state index is -4.49. The number of hydrogen-bond donors (Lipinski definition) is 2. The van der Waals surface area contributed by atoms with Crippen molar-refractivity contribution in [3.05, 3.63) is 0 Å². The van der Waals surface area contributed by atoms with Crippen LogP contribution in [0, 0.1) is 0 Å². The highest BCUT2D eigenvalue weighted by molar-refractivity contribution is 7.85. The smallest absolute Gasteiger partial charge is 0.446 e. The van der Waals surface area contributed by atoms with E-state index in [9.17, 15) is 9.36 Å². The van der Waals surface area contributed by atoms with Crippen LogP contribution in [0.3, 0.4) is 0 Å². The van der Waals surface area contributed by atoms with Gasteiger partial charge in [0.05, 0.1) is 6.61 Å². The summed E-state index contributed by atoms with van der Waals surface area (Å²) in [4.78, 5) is 20.5. The molecule has 0 rings (SSSR count). The molecule has 0 aliphatic carbocycles. The van der Waals surface area contributed by atoms with E-state index >= 15 is 0 Å². The molecule has 0 radical (unpaired) electrons. The largest absolute Gasteiger partial charge is 0.454 e. The number of unbranched alkanes of at least 4 members (excludes halogenated alkanes) is 15. The molecule has 192 valence electrons. The average Bonchev–Trinajstić information content (AvgIpc) is 2.79. The first-order valence-corrected chi connectivity index (χ1v) is 14.4. The summed E-state index contributed by atoms with van der Waals surface area (Å²) in [7, 11) is -3.03. The van der Waals surface area contributed by atoms with Crippen molar-refractivity contribution in [1.29, 1.82) is 0 Å². The van der Waals surface area contributed by atoms with Crippen LogP contribution < -0.4 is 0 Å². The summed E-state index contributed by atoms with van der Waals surface area (Å²) in [6, 6.07) is 0. The highest BCUT2D eigenvalue weighted by Gasteiger charge is 2.32. The number of ether oxygens (including phenoxy) is 3. The molecule has 0 bridgehead atoms. The van der Waals surface area contributed by atoms with Gasteiger partial charge in [-0.15, -0.1) is 0 Å². The fourth-order valence-corrected chi connectivity index (χ4v) is 3.93. The van der Waals surface area contributed by atoms with Gasteiger partial charge in [-0.25, -0.2) is 13.3 Å². The molecule has 7 nitrogen and oxygen atoms in total. The Morgan fingerprint density at radius 2 is 1.25 bits per heavy atom. The highest BCUT2D eigenvalue weighted by Crippen LogP contribution is 2.45. The molecule has 0 aliphatic heterocycles. The summed E-state index contributed by atoms with van der Waals surface area (Å²) in [5.74, 6) is 0. The zero-order chi connectivity index (χ0) is 23.9. The number of carbonyl (C=O) groups excluding carboxylic acids is 1. The fourth-order valence-electron chi connectivity index (χ4n) is 3.43. The summed E-state index contributed by atoms with van der Waals surface area (Å²) in [5, 5.41) is 0. The first kappa shape index (κ1) is 31.9. The molecule has 2 atom stereocenters. The van der Waals surface area contributed by atoms with Crippen LogP contribution in [0.4, 0.5) is 4.79 Å². The van der Waals surface area contributed by atoms with Gasteiger partial charge in [0.2, 0.25) is 0 Å². The van der Waals surface area contributed by atoms with Gasteiger partial charge >= 0.3 is 13.3 Å². The standard InChI is InChI=1S/C23H47O7PS/c1-3-4-5-6-7-8-9-10-11-12-13-14-15-16-17-18-19-28-20-22(27-2)21-29-23(24)31(25,26)30-32/h22,32H,3-21H2,1-2H3,(H,25,26)/t22-/m1/s1. The second-order valence-electron chi connectivity index (χ2n) is 8.41. The number of methoxy groups -OCH3 is 1. The molecule has 0 amide bonds. The molecule has 0 aliphatic rings. The first-order chi connectivity index (χ1) is 15.5. The average molecular weight is 499 g/mol. The second kappa shape index (κ2) is 22.7. The molecule has 0 spiro atoms. The summed E-state index contributed by atoms with van der Waals surface area (Å²) < 4.78 is 30.6. The molecule has 1 N–H and O–H groups in total. The zero-order valence-corrected chi connectivity index (χ0v) is 22.1.